The van der Waals surface area contributed by atoms with Crippen molar-refractivity contribution in [1.82, 2.24) is 5.32 Å². The molecule has 0 heterocycles. The number of ether oxygens (including phenoxy) is 2. The number of carbonyl (C=O) groups is 1. The summed E-state index contributed by atoms with van der Waals surface area (Å²) in [6.45, 7) is 0.407. The summed E-state index contributed by atoms with van der Waals surface area (Å²) in [5, 5.41) is 2.61. The van der Waals surface area contributed by atoms with Gasteiger partial charge in [-0.2, -0.15) is 0 Å². The van der Waals surface area contributed by atoms with E-state index in [-0.39, 0.29) is 43.7 Å². The van der Waals surface area contributed by atoms with E-state index in [0.29, 0.717) is 5.56 Å². The Balaban J connectivity index is 2.50. The first kappa shape index (κ1) is 18.2. The van der Waals surface area contributed by atoms with E-state index in [4.69, 9.17) is 10.5 Å². The van der Waals surface area contributed by atoms with Crippen LogP contribution in [0.4, 0.5) is 13.2 Å². The molecule has 0 spiro atoms. The van der Waals surface area contributed by atoms with E-state index in [0.717, 1.165) is 0 Å². The maximum atomic E-state index is 12.3. The van der Waals surface area contributed by atoms with Gasteiger partial charge >= 0.3 is 6.36 Å². The van der Waals surface area contributed by atoms with Gasteiger partial charge < -0.3 is 20.5 Å². The van der Waals surface area contributed by atoms with E-state index < -0.39 is 6.36 Å². The Hall–Kier alpha value is -1.80. The molecule has 1 atom stereocenters. The van der Waals surface area contributed by atoms with Gasteiger partial charge in [0.05, 0.1) is 12.5 Å². The average molecular weight is 320 g/mol. The molecule has 0 aliphatic heterocycles. The summed E-state index contributed by atoms with van der Waals surface area (Å²) in [6, 6.07) is 5.81. The Kier molecular flexibility index (Phi) is 7.13. The van der Waals surface area contributed by atoms with Gasteiger partial charge in [-0.25, -0.2) is 0 Å². The third kappa shape index (κ3) is 6.77. The first-order valence-corrected chi connectivity index (χ1v) is 6.69. The highest BCUT2D eigenvalue weighted by molar-refractivity contribution is 5.76. The summed E-state index contributed by atoms with van der Waals surface area (Å²) >= 11 is 0. The Morgan fingerprint density at radius 1 is 1.36 bits per heavy atom. The minimum Gasteiger partial charge on any atom is -0.406 e. The molecule has 3 N–H and O–H groups in total. The summed E-state index contributed by atoms with van der Waals surface area (Å²) < 4.78 is 45.7. The Morgan fingerprint density at radius 2 is 2.05 bits per heavy atom. The molecule has 1 unspecified atom stereocenters. The number of hydrogen-bond donors (Lipinski definition) is 2. The molecule has 0 fully saturated rings. The highest BCUT2D eigenvalue weighted by Crippen LogP contribution is 2.26. The monoisotopic (exact) mass is 320 g/mol. The number of nitrogens with one attached hydrogen (secondary N) is 1. The largest absolute Gasteiger partial charge is 0.573 e. The van der Waals surface area contributed by atoms with Crippen LogP contribution in [0, 0.1) is 0 Å². The van der Waals surface area contributed by atoms with Gasteiger partial charge in [0.2, 0.25) is 5.91 Å². The van der Waals surface area contributed by atoms with Crippen molar-refractivity contribution in [3.63, 3.8) is 0 Å². The average Bonchev–Trinajstić information content (AvgIpc) is 2.45. The van der Waals surface area contributed by atoms with E-state index in [1.54, 1.807) is 6.07 Å². The zero-order chi connectivity index (χ0) is 16.6. The van der Waals surface area contributed by atoms with Crippen molar-refractivity contribution in [2.24, 2.45) is 5.73 Å². The van der Waals surface area contributed by atoms with Crippen molar-refractivity contribution >= 4 is 5.91 Å². The van der Waals surface area contributed by atoms with Gasteiger partial charge in [-0.15, -0.1) is 13.2 Å². The fourth-order valence-corrected chi connectivity index (χ4v) is 1.81. The topological polar surface area (TPSA) is 73.6 Å². The predicted molar refractivity (Wildman–Crippen MR) is 74.3 cm³/mol. The van der Waals surface area contributed by atoms with Crippen LogP contribution in [0.15, 0.2) is 24.3 Å². The molecule has 8 heteroatoms. The number of para-hydroxylation sites is 1. The first-order valence-electron chi connectivity index (χ1n) is 6.69. The van der Waals surface area contributed by atoms with Gasteiger partial charge in [-0.3, -0.25) is 4.79 Å². The molecule has 1 aromatic rings. The van der Waals surface area contributed by atoms with E-state index in [1.807, 2.05) is 0 Å². The quantitative estimate of drug-likeness (QED) is 0.763. The fraction of sp³-hybridized carbons (Fsp3) is 0.500. The van der Waals surface area contributed by atoms with Crippen LogP contribution in [-0.4, -0.2) is 38.6 Å². The fourth-order valence-electron chi connectivity index (χ4n) is 1.81. The minimum absolute atomic E-state index is 0.105. The van der Waals surface area contributed by atoms with Crippen LogP contribution in [-0.2, 0) is 16.0 Å². The van der Waals surface area contributed by atoms with Gasteiger partial charge in [-0.1, -0.05) is 18.2 Å². The molecule has 0 bridgehead atoms. The van der Waals surface area contributed by atoms with E-state index in [1.165, 1.54) is 25.3 Å². The molecule has 0 saturated carbocycles. The number of alkyl halides is 3. The van der Waals surface area contributed by atoms with Gasteiger partial charge in [0.1, 0.15) is 5.75 Å². The lowest BCUT2D eigenvalue weighted by atomic mass is 10.1. The summed E-state index contributed by atoms with van der Waals surface area (Å²) in [5.41, 5.74) is 5.77. The zero-order valence-electron chi connectivity index (χ0n) is 12.2. The Morgan fingerprint density at radius 3 is 2.64 bits per heavy atom. The molecule has 1 rings (SSSR count). The van der Waals surface area contributed by atoms with Crippen LogP contribution in [0.5, 0.6) is 5.75 Å². The van der Waals surface area contributed by atoms with Gasteiger partial charge in [0, 0.05) is 20.2 Å². The maximum Gasteiger partial charge on any atom is 0.573 e. The second-order valence-corrected chi connectivity index (χ2v) is 4.55. The lowest BCUT2D eigenvalue weighted by Crippen LogP contribution is -2.33. The molecule has 22 heavy (non-hydrogen) atoms. The molecule has 1 amide bonds. The standard InChI is InChI=1S/C14H19F3N2O3/c1-21-11(9-18)8-13(20)19-7-6-10-4-2-3-5-12(10)22-14(15,16)17/h2-5,11H,6-9,18H2,1H3,(H,19,20). The van der Waals surface area contributed by atoms with Crippen LogP contribution in [0.1, 0.15) is 12.0 Å². The van der Waals surface area contributed by atoms with Crippen molar-refractivity contribution in [3.05, 3.63) is 29.8 Å². The molecular formula is C14H19F3N2O3. The molecule has 0 aliphatic rings. The van der Waals surface area contributed by atoms with E-state index in [2.05, 4.69) is 10.1 Å². The number of methoxy groups -OCH3 is 1. The molecular weight excluding hydrogens is 301 g/mol. The van der Waals surface area contributed by atoms with Crippen LogP contribution in [0.25, 0.3) is 0 Å². The van der Waals surface area contributed by atoms with Crippen LogP contribution in [0.2, 0.25) is 0 Å². The molecule has 0 aliphatic carbocycles. The molecule has 5 nitrogen and oxygen atoms in total. The third-order valence-corrected chi connectivity index (χ3v) is 2.92. The second-order valence-electron chi connectivity index (χ2n) is 4.55. The second kappa shape index (κ2) is 8.60. The van der Waals surface area contributed by atoms with Crippen LogP contribution >= 0.6 is 0 Å². The van der Waals surface area contributed by atoms with Gasteiger partial charge in [0.15, 0.2) is 0 Å². The minimum atomic E-state index is -4.74. The van der Waals surface area contributed by atoms with Crippen molar-refractivity contribution in [2.75, 3.05) is 20.2 Å². The molecule has 0 saturated heterocycles. The van der Waals surface area contributed by atoms with E-state index >= 15 is 0 Å². The lowest BCUT2D eigenvalue weighted by Gasteiger charge is -2.14. The SMILES string of the molecule is COC(CN)CC(=O)NCCc1ccccc1OC(F)(F)F. The first-order chi connectivity index (χ1) is 10.4. The molecule has 1 aromatic carbocycles. The zero-order valence-corrected chi connectivity index (χ0v) is 12.2. The van der Waals surface area contributed by atoms with Crippen LogP contribution < -0.4 is 15.8 Å². The smallest absolute Gasteiger partial charge is 0.406 e. The van der Waals surface area contributed by atoms with Crippen molar-refractivity contribution in [1.29, 1.82) is 0 Å². The lowest BCUT2D eigenvalue weighted by molar-refractivity contribution is -0.274. The van der Waals surface area contributed by atoms with Crippen molar-refractivity contribution < 1.29 is 27.4 Å². The maximum absolute atomic E-state index is 12.3. The Labute approximate surface area is 126 Å². The summed E-state index contributed by atoms with van der Waals surface area (Å²) in [6.07, 6.45) is -4.79. The number of rotatable bonds is 8. The highest BCUT2D eigenvalue weighted by Gasteiger charge is 2.31. The number of nitrogens with two attached hydrogens (primary N) is 1. The summed E-state index contributed by atoms with van der Waals surface area (Å²) in [4.78, 5) is 11.6. The number of hydrogen-bond acceptors (Lipinski definition) is 4. The van der Waals surface area contributed by atoms with Crippen LogP contribution in [0.3, 0.4) is 0 Å². The predicted octanol–water partition coefficient (Wildman–Crippen LogP) is 1.61. The summed E-state index contributed by atoms with van der Waals surface area (Å²) in [7, 11) is 1.45. The molecule has 0 radical (unpaired) electrons. The van der Waals surface area contributed by atoms with E-state index in [9.17, 15) is 18.0 Å². The van der Waals surface area contributed by atoms with Crippen molar-refractivity contribution in [3.8, 4) is 5.75 Å². The third-order valence-electron chi connectivity index (χ3n) is 2.92. The highest BCUT2D eigenvalue weighted by atomic mass is 19.4. The Bertz CT molecular complexity index is 477. The molecule has 0 aromatic heterocycles. The molecule has 124 valence electrons. The normalized spacial score (nSPS) is 12.8. The van der Waals surface area contributed by atoms with Gasteiger partial charge in [0.25, 0.3) is 0 Å². The number of halogens is 3. The van der Waals surface area contributed by atoms with Gasteiger partial charge in [-0.05, 0) is 18.1 Å². The number of carbonyl (C=O) groups excluding carboxylic acids is 1. The summed E-state index contributed by atoms with van der Waals surface area (Å²) in [5.74, 6) is -0.535. The number of benzene rings is 1. The van der Waals surface area contributed by atoms with Crippen molar-refractivity contribution in [2.45, 2.75) is 25.3 Å². The number of amides is 1.